The Kier molecular flexibility index (Phi) is 5.89. The molecule has 2 nitrogen and oxygen atoms in total. The summed E-state index contributed by atoms with van der Waals surface area (Å²) in [6.07, 6.45) is 1.11. The third-order valence-corrected chi connectivity index (χ3v) is 4.10. The molecule has 19 heavy (non-hydrogen) atoms. The minimum Gasteiger partial charge on any atom is -0.301 e. The highest BCUT2D eigenvalue weighted by atomic mass is 35.5. The summed E-state index contributed by atoms with van der Waals surface area (Å²) in [6, 6.07) is 5.01. The van der Waals surface area contributed by atoms with Crippen molar-refractivity contribution in [3.05, 3.63) is 34.6 Å². The summed E-state index contributed by atoms with van der Waals surface area (Å²) in [5.41, 5.74) is 0.868. The van der Waals surface area contributed by atoms with Gasteiger partial charge in [0.25, 0.3) is 0 Å². The lowest BCUT2D eigenvalue weighted by Gasteiger charge is -2.21. The average Bonchev–Trinajstić information content (AvgIpc) is 2.61. The Labute approximate surface area is 124 Å². The third kappa shape index (κ3) is 4.32. The summed E-state index contributed by atoms with van der Waals surface area (Å²) < 4.78 is 13.4. The largest absolute Gasteiger partial charge is 0.301 e. The van der Waals surface area contributed by atoms with E-state index in [0.717, 1.165) is 44.7 Å². The molecule has 1 saturated heterocycles. The number of hydrogen-bond acceptors (Lipinski definition) is 2. The Morgan fingerprint density at radius 2 is 1.84 bits per heavy atom. The fourth-order valence-electron chi connectivity index (χ4n) is 2.44. The molecular weight excluding hydrogens is 286 g/mol. The highest BCUT2D eigenvalue weighted by Crippen LogP contribution is 2.21. The van der Waals surface area contributed by atoms with Crippen LogP contribution in [0.15, 0.2) is 18.2 Å². The second-order valence-corrected chi connectivity index (χ2v) is 5.63. The van der Waals surface area contributed by atoms with E-state index in [4.69, 9.17) is 23.2 Å². The molecule has 0 aromatic heterocycles. The summed E-state index contributed by atoms with van der Waals surface area (Å²) >= 11 is 11.8. The molecule has 0 spiro atoms. The highest BCUT2D eigenvalue weighted by molar-refractivity contribution is 6.31. The topological polar surface area (TPSA) is 6.48 Å². The van der Waals surface area contributed by atoms with Gasteiger partial charge in [-0.15, -0.1) is 11.6 Å². The van der Waals surface area contributed by atoms with Gasteiger partial charge in [-0.25, -0.2) is 4.39 Å². The van der Waals surface area contributed by atoms with Crippen LogP contribution in [0.1, 0.15) is 12.0 Å². The van der Waals surface area contributed by atoms with E-state index < -0.39 is 0 Å². The van der Waals surface area contributed by atoms with Gasteiger partial charge in [-0.2, -0.15) is 0 Å². The molecule has 0 aliphatic carbocycles. The quantitative estimate of drug-likeness (QED) is 0.788. The van der Waals surface area contributed by atoms with Crippen LogP contribution in [0.2, 0.25) is 5.02 Å². The van der Waals surface area contributed by atoms with Gasteiger partial charge in [0, 0.05) is 32.1 Å². The zero-order chi connectivity index (χ0) is 13.7. The van der Waals surface area contributed by atoms with Crippen LogP contribution in [0, 0.1) is 5.82 Å². The first-order valence-electron chi connectivity index (χ1n) is 6.64. The van der Waals surface area contributed by atoms with Gasteiger partial charge in [0.05, 0.1) is 5.02 Å². The van der Waals surface area contributed by atoms with Gasteiger partial charge < -0.3 is 4.90 Å². The molecule has 5 heteroatoms. The SMILES string of the molecule is Fc1cccc(CN2CCCN(CCCl)CC2)c1Cl. The lowest BCUT2D eigenvalue weighted by atomic mass is 10.2. The van der Waals surface area contributed by atoms with Crippen molar-refractivity contribution in [2.24, 2.45) is 0 Å². The Hall–Kier alpha value is -0.350. The summed E-state index contributed by atoms with van der Waals surface area (Å²) in [7, 11) is 0. The van der Waals surface area contributed by atoms with Gasteiger partial charge in [0.15, 0.2) is 0 Å². The van der Waals surface area contributed by atoms with E-state index in [0.29, 0.717) is 12.4 Å². The molecule has 1 aliphatic rings. The summed E-state index contributed by atoms with van der Waals surface area (Å²) in [5.74, 6) is 0.341. The van der Waals surface area contributed by atoms with Crippen LogP contribution in [0.5, 0.6) is 0 Å². The Balaban J connectivity index is 1.94. The molecule has 1 heterocycles. The maximum Gasteiger partial charge on any atom is 0.142 e. The Morgan fingerprint density at radius 1 is 1.11 bits per heavy atom. The molecule has 0 radical (unpaired) electrons. The molecule has 0 saturated carbocycles. The first kappa shape index (κ1) is 15.0. The smallest absolute Gasteiger partial charge is 0.142 e. The van der Waals surface area contributed by atoms with Crippen molar-refractivity contribution in [2.45, 2.75) is 13.0 Å². The van der Waals surface area contributed by atoms with Gasteiger partial charge in [-0.3, -0.25) is 4.90 Å². The third-order valence-electron chi connectivity index (χ3n) is 3.51. The van der Waals surface area contributed by atoms with Crippen LogP contribution in [-0.4, -0.2) is 48.4 Å². The van der Waals surface area contributed by atoms with Crippen LogP contribution < -0.4 is 0 Å². The number of rotatable bonds is 4. The zero-order valence-corrected chi connectivity index (χ0v) is 12.4. The number of hydrogen-bond donors (Lipinski definition) is 0. The van der Waals surface area contributed by atoms with E-state index in [2.05, 4.69) is 9.80 Å². The molecule has 0 unspecified atom stereocenters. The maximum atomic E-state index is 13.4. The van der Waals surface area contributed by atoms with Crippen molar-refractivity contribution in [1.29, 1.82) is 0 Å². The minimum absolute atomic E-state index is 0.254. The van der Waals surface area contributed by atoms with Gasteiger partial charge >= 0.3 is 0 Å². The van der Waals surface area contributed by atoms with Crippen molar-refractivity contribution in [3.8, 4) is 0 Å². The summed E-state index contributed by atoms with van der Waals surface area (Å²) in [6.45, 7) is 5.75. The number of benzene rings is 1. The lowest BCUT2D eigenvalue weighted by Crippen LogP contribution is -2.31. The Morgan fingerprint density at radius 3 is 2.63 bits per heavy atom. The zero-order valence-electron chi connectivity index (χ0n) is 10.9. The molecular formula is C14H19Cl2FN2. The highest BCUT2D eigenvalue weighted by Gasteiger charge is 2.16. The summed E-state index contributed by atoms with van der Waals surface area (Å²) in [4.78, 5) is 4.70. The molecule has 0 atom stereocenters. The van der Waals surface area contributed by atoms with E-state index in [1.165, 1.54) is 6.07 Å². The van der Waals surface area contributed by atoms with E-state index in [9.17, 15) is 4.39 Å². The van der Waals surface area contributed by atoms with Crippen molar-refractivity contribution < 1.29 is 4.39 Å². The molecule has 2 rings (SSSR count). The number of halogens is 3. The van der Waals surface area contributed by atoms with Crippen LogP contribution >= 0.6 is 23.2 Å². The molecule has 0 amide bonds. The molecule has 1 fully saturated rings. The van der Waals surface area contributed by atoms with Crippen LogP contribution in [0.4, 0.5) is 4.39 Å². The molecule has 0 bridgehead atoms. The predicted octanol–water partition coefficient (Wildman–Crippen LogP) is 3.23. The first-order chi connectivity index (χ1) is 9.20. The van der Waals surface area contributed by atoms with Crippen LogP contribution in [0.3, 0.4) is 0 Å². The van der Waals surface area contributed by atoms with Gasteiger partial charge in [0.2, 0.25) is 0 Å². The van der Waals surface area contributed by atoms with E-state index in [-0.39, 0.29) is 10.8 Å². The number of nitrogens with zero attached hydrogens (tertiary/aromatic N) is 2. The molecule has 0 N–H and O–H groups in total. The molecule has 1 aromatic carbocycles. The van der Waals surface area contributed by atoms with Crippen molar-refractivity contribution in [3.63, 3.8) is 0 Å². The predicted molar refractivity (Wildman–Crippen MR) is 78.5 cm³/mol. The fraction of sp³-hybridized carbons (Fsp3) is 0.571. The van der Waals surface area contributed by atoms with Crippen molar-refractivity contribution in [2.75, 3.05) is 38.6 Å². The van der Waals surface area contributed by atoms with Crippen LogP contribution in [0.25, 0.3) is 0 Å². The maximum absolute atomic E-state index is 13.4. The van der Waals surface area contributed by atoms with Gasteiger partial charge in [-0.1, -0.05) is 23.7 Å². The van der Waals surface area contributed by atoms with E-state index in [1.54, 1.807) is 6.07 Å². The molecule has 106 valence electrons. The second kappa shape index (κ2) is 7.44. The Bertz CT molecular complexity index is 414. The normalized spacial score (nSPS) is 18.5. The van der Waals surface area contributed by atoms with E-state index in [1.807, 2.05) is 6.07 Å². The minimum atomic E-state index is -0.335. The first-order valence-corrected chi connectivity index (χ1v) is 7.55. The second-order valence-electron chi connectivity index (χ2n) is 4.87. The lowest BCUT2D eigenvalue weighted by molar-refractivity contribution is 0.258. The monoisotopic (exact) mass is 304 g/mol. The van der Waals surface area contributed by atoms with Gasteiger partial charge in [-0.05, 0) is 31.1 Å². The van der Waals surface area contributed by atoms with Gasteiger partial charge in [0.1, 0.15) is 5.82 Å². The van der Waals surface area contributed by atoms with E-state index >= 15 is 0 Å². The van der Waals surface area contributed by atoms with Crippen molar-refractivity contribution >= 4 is 23.2 Å². The average molecular weight is 305 g/mol. The summed E-state index contributed by atoms with van der Waals surface area (Å²) in [5, 5.41) is 0.254. The molecule has 1 aromatic rings. The standard InChI is InChI=1S/C14H19Cl2FN2/c15-5-8-18-6-2-7-19(10-9-18)11-12-3-1-4-13(17)14(12)16/h1,3-4H,2,5-11H2. The fourth-order valence-corrected chi connectivity index (χ4v) is 2.86. The van der Waals surface area contributed by atoms with Crippen LogP contribution in [-0.2, 0) is 6.54 Å². The van der Waals surface area contributed by atoms with Crippen molar-refractivity contribution in [1.82, 2.24) is 9.80 Å². The molecule has 1 aliphatic heterocycles. The number of alkyl halides is 1.